The number of nitrogens with one attached hydrogen (secondary N) is 1. The SMILES string of the molecule is CC(=O)Nc1cc(Cl)ccc1-c1cc(C(F)(F)F)cnc1C(N)=O. The molecule has 0 atom stereocenters. The number of hydrogen-bond acceptors (Lipinski definition) is 3. The molecular weight excluding hydrogens is 347 g/mol. The molecule has 3 N–H and O–H groups in total. The second kappa shape index (κ2) is 6.48. The molecule has 5 nitrogen and oxygen atoms in total. The number of hydrogen-bond donors (Lipinski definition) is 2. The van der Waals surface area contributed by atoms with Crippen molar-refractivity contribution in [2.45, 2.75) is 13.1 Å². The van der Waals surface area contributed by atoms with Crippen LogP contribution >= 0.6 is 11.6 Å². The van der Waals surface area contributed by atoms with Crippen molar-refractivity contribution in [2.75, 3.05) is 5.32 Å². The summed E-state index contributed by atoms with van der Waals surface area (Å²) < 4.78 is 38.8. The molecule has 2 amide bonds. The molecule has 9 heteroatoms. The molecule has 1 heterocycles. The topological polar surface area (TPSA) is 85.1 Å². The molecule has 2 aromatic rings. The van der Waals surface area contributed by atoms with E-state index in [0.717, 1.165) is 6.07 Å². The Bertz CT molecular complexity index is 822. The molecule has 0 radical (unpaired) electrons. The van der Waals surface area contributed by atoms with Crippen molar-refractivity contribution in [3.05, 3.63) is 46.7 Å². The first kappa shape index (κ1) is 17.7. The fourth-order valence-corrected chi connectivity index (χ4v) is 2.24. The smallest absolute Gasteiger partial charge is 0.364 e. The third-order valence-electron chi connectivity index (χ3n) is 3.03. The molecule has 126 valence electrons. The van der Waals surface area contributed by atoms with Crippen LogP contribution in [-0.2, 0) is 11.0 Å². The average Bonchev–Trinajstić information content (AvgIpc) is 2.45. The molecule has 0 aliphatic rings. The number of pyridine rings is 1. The van der Waals surface area contributed by atoms with Crippen molar-refractivity contribution in [3.63, 3.8) is 0 Å². The molecule has 24 heavy (non-hydrogen) atoms. The van der Waals surface area contributed by atoms with Gasteiger partial charge in [0.1, 0.15) is 5.69 Å². The van der Waals surface area contributed by atoms with E-state index in [9.17, 15) is 22.8 Å². The second-order valence-corrected chi connectivity index (χ2v) is 5.29. The van der Waals surface area contributed by atoms with Gasteiger partial charge in [0.2, 0.25) is 5.91 Å². The van der Waals surface area contributed by atoms with Crippen LogP contribution in [-0.4, -0.2) is 16.8 Å². The predicted octanol–water partition coefficient (Wildman–Crippen LogP) is 3.48. The Morgan fingerprint density at radius 1 is 1.21 bits per heavy atom. The van der Waals surface area contributed by atoms with Gasteiger partial charge in [0.25, 0.3) is 5.91 Å². The zero-order valence-electron chi connectivity index (χ0n) is 12.2. The first-order chi connectivity index (χ1) is 11.1. The standard InChI is InChI=1S/C15H11ClF3N3O2/c1-7(23)22-12-5-9(16)2-3-10(12)11-4-8(15(17,18)19)6-21-13(11)14(20)24/h2-6H,1H3,(H2,20,24)(H,22,23). The number of aromatic nitrogens is 1. The molecule has 1 aromatic carbocycles. The van der Waals surface area contributed by atoms with Gasteiger partial charge in [-0.1, -0.05) is 17.7 Å². The lowest BCUT2D eigenvalue weighted by Gasteiger charge is -2.15. The van der Waals surface area contributed by atoms with E-state index in [4.69, 9.17) is 17.3 Å². The average molecular weight is 358 g/mol. The lowest BCUT2D eigenvalue weighted by Crippen LogP contribution is -2.17. The minimum Gasteiger partial charge on any atom is -0.364 e. The van der Waals surface area contributed by atoms with Crippen LogP contribution in [0.25, 0.3) is 11.1 Å². The van der Waals surface area contributed by atoms with Gasteiger partial charge in [-0.25, -0.2) is 4.98 Å². The molecule has 0 bridgehead atoms. The Balaban J connectivity index is 2.74. The summed E-state index contributed by atoms with van der Waals surface area (Å²) in [5.41, 5.74) is 3.92. The molecule has 0 aliphatic carbocycles. The van der Waals surface area contributed by atoms with E-state index in [2.05, 4.69) is 10.3 Å². The molecule has 0 spiro atoms. The van der Waals surface area contributed by atoms with E-state index in [0.29, 0.717) is 6.20 Å². The Morgan fingerprint density at radius 3 is 2.42 bits per heavy atom. The largest absolute Gasteiger partial charge is 0.417 e. The number of nitrogens with zero attached hydrogens (tertiary/aromatic N) is 1. The maximum absolute atomic E-state index is 12.9. The quantitative estimate of drug-likeness (QED) is 0.881. The Hall–Kier alpha value is -2.61. The van der Waals surface area contributed by atoms with Gasteiger partial charge in [-0.15, -0.1) is 0 Å². The van der Waals surface area contributed by atoms with Crippen molar-refractivity contribution in [3.8, 4) is 11.1 Å². The van der Waals surface area contributed by atoms with Crippen molar-refractivity contribution >= 4 is 29.1 Å². The third-order valence-corrected chi connectivity index (χ3v) is 3.27. The van der Waals surface area contributed by atoms with Gasteiger partial charge < -0.3 is 11.1 Å². The summed E-state index contributed by atoms with van der Waals surface area (Å²) in [6.45, 7) is 1.23. The summed E-state index contributed by atoms with van der Waals surface area (Å²) in [4.78, 5) is 26.4. The van der Waals surface area contributed by atoms with Crippen molar-refractivity contribution in [2.24, 2.45) is 5.73 Å². The highest BCUT2D eigenvalue weighted by molar-refractivity contribution is 6.31. The monoisotopic (exact) mass is 357 g/mol. The van der Waals surface area contributed by atoms with Crippen molar-refractivity contribution in [1.29, 1.82) is 0 Å². The number of anilines is 1. The minimum atomic E-state index is -4.65. The Morgan fingerprint density at radius 2 is 1.88 bits per heavy atom. The van der Waals surface area contributed by atoms with Gasteiger partial charge in [0.05, 0.1) is 11.3 Å². The van der Waals surface area contributed by atoms with Gasteiger partial charge in [-0.2, -0.15) is 13.2 Å². The predicted molar refractivity (Wildman–Crippen MR) is 82.5 cm³/mol. The molecule has 0 saturated carbocycles. The van der Waals surface area contributed by atoms with Crippen molar-refractivity contribution in [1.82, 2.24) is 4.98 Å². The third kappa shape index (κ3) is 3.83. The molecule has 2 rings (SSSR count). The van der Waals surface area contributed by atoms with Gasteiger partial charge in [0, 0.05) is 29.3 Å². The number of primary amides is 1. The second-order valence-electron chi connectivity index (χ2n) is 4.85. The highest BCUT2D eigenvalue weighted by Gasteiger charge is 2.32. The lowest BCUT2D eigenvalue weighted by atomic mass is 9.99. The number of nitrogens with two attached hydrogens (primary N) is 1. The summed E-state index contributed by atoms with van der Waals surface area (Å²) in [5.74, 6) is -1.46. The number of benzene rings is 1. The number of halogens is 4. The van der Waals surface area contributed by atoms with Gasteiger partial charge >= 0.3 is 6.18 Å². The van der Waals surface area contributed by atoms with Gasteiger partial charge in [-0.05, 0) is 18.2 Å². The van der Waals surface area contributed by atoms with Crippen LogP contribution in [0.15, 0.2) is 30.5 Å². The number of rotatable bonds is 3. The number of carbonyl (C=O) groups excluding carboxylic acids is 2. The molecule has 0 fully saturated rings. The molecule has 1 aromatic heterocycles. The zero-order chi connectivity index (χ0) is 18.1. The van der Waals surface area contributed by atoms with E-state index < -0.39 is 23.6 Å². The van der Waals surface area contributed by atoms with Crippen LogP contribution in [0.5, 0.6) is 0 Å². The van der Waals surface area contributed by atoms with E-state index in [-0.39, 0.29) is 27.5 Å². The summed E-state index contributed by atoms with van der Waals surface area (Å²) in [6, 6.07) is 4.88. The minimum absolute atomic E-state index is 0.138. The van der Waals surface area contributed by atoms with Crippen LogP contribution in [0, 0.1) is 0 Å². The highest BCUT2D eigenvalue weighted by Crippen LogP contribution is 2.36. The molecule has 0 unspecified atom stereocenters. The molecule has 0 aliphatic heterocycles. The first-order valence-corrected chi connectivity index (χ1v) is 6.92. The fraction of sp³-hybridized carbons (Fsp3) is 0.133. The molecular formula is C15H11ClF3N3O2. The number of alkyl halides is 3. The van der Waals surface area contributed by atoms with Crippen LogP contribution < -0.4 is 11.1 Å². The van der Waals surface area contributed by atoms with E-state index in [1.807, 2.05) is 0 Å². The number of carbonyl (C=O) groups is 2. The highest BCUT2D eigenvalue weighted by atomic mass is 35.5. The van der Waals surface area contributed by atoms with Gasteiger partial charge in [0.15, 0.2) is 0 Å². The first-order valence-electron chi connectivity index (χ1n) is 6.54. The van der Waals surface area contributed by atoms with Crippen LogP contribution in [0.4, 0.5) is 18.9 Å². The van der Waals surface area contributed by atoms with Gasteiger partial charge in [-0.3, -0.25) is 9.59 Å². The summed E-state index contributed by atoms with van der Waals surface area (Å²) in [6.07, 6.45) is -4.13. The fourth-order valence-electron chi connectivity index (χ4n) is 2.07. The normalized spacial score (nSPS) is 11.2. The maximum atomic E-state index is 12.9. The summed E-state index contributed by atoms with van der Waals surface area (Å²) in [7, 11) is 0. The molecule has 0 saturated heterocycles. The zero-order valence-corrected chi connectivity index (χ0v) is 13.0. The summed E-state index contributed by atoms with van der Waals surface area (Å²) >= 11 is 5.86. The van der Waals surface area contributed by atoms with Crippen molar-refractivity contribution < 1.29 is 22.8 Å². The lowest BCUT2D eigenvalue weighted by molar-refractivity contribution is -0.137. The maximum Gasteiger partial charge on any atom is 0.417 e. The van der Waals surface area contributed by atoms with Crippen LogP contribution in [0.1, 0.15) is 23.0 Å². The van der Waals surface area contributed by atoms with E-state index in [1.165, 1.54) is 25.1 Å². The van der Waals surface area contributed by atoms with E-state index in [1.54, 1.807) is 0 Å². The Kier molecular flexibility index (Phi) is 4.79. The Labute approximate surface area is 139 Å². The summed E-state index contributed by atoms with van der Waals surface area (Å²) in [5, 5.41) is 2.71. The van der Waals surface area contributed by atoms with Crippen LogP contribution in [0.2, 0.25) is 5.02 Å². The van der Waals surface area contributed by atoms with Crippen LogP contribution in [0.3, 0.4) is 0 Å². The van der Waals surface area contributed by atoms with E-state index >= 15 is 0 Å². The number of amides is 2.